The first-order valence-electron chi connectivity index (χ1n) is 6.27. The zero-order chi connectivity index (χ0) is 16.3. The molecule has 0 saturated carbocycles. The lowest BCUT2D eigenvalue weighted by Gasteiger charge is -2.10. The fourth-order valence-corrected chi connectivity index (χ4v) is 3.06. The topological polar surface area (TPSA) is 72.5 Å². The van der Waals surface area contributed by atoms with E-state index in [0.29, 0.717) is 16.5 Å². The third kappa shape index (κ3) is 3.58. The summed E-state index contributed by atoms with van der Waals surface area (Å²) in [5, 5.41) is 2.96. The van der Waals surface area contributed by atoms with Crippen LogP contribution in [0.3, 0.4) is 0 Å². The highest BCUT2D eigenvalue weighted by atomic mass is 35.5. The number of ether oxygens (including phenoxy) is 1. The van der Waals surface area contributed by atoms with Gasteiger partial charge in [0, 0.05) is 11.9 Å². The monoisotopic (exact) mass is 339 g/mol. The molecule has 0 saturated heterocycles. The number of halogens is 1. The third-order valence-electron chi connectivity index (χ3n) is 2.94. The molecule has 2 rings (SSSR count). The molecule has 1 amide bonds. The number of nitrogens with one attached hydrogen (secondary N) is 1. The molecule has 0 heterocycles. The van der Waals surface area contributed by atoms with Crippen molar-refractivity contribution in [2.24, 2.45) is 0 Å². The van der Waals surface area contributed by atoms with E-state index in [0.717, 1.165) is 6.26 Å². The molecule has 0 aliphatic rings. The number of benzene rings is 2. The van der Waals surface area contributed by atoms with E-state index in [1.807, 2.05) is 0 Å². The van der Waals surface area contributed by atoms with Gasteiger partial charge < -0.3 is 10.1 Å². The predicted molar refractivity (Wildman–Crippen MR) is 85.5 cm³/mol. The van der Waals surface area contributed by atoms with Crippen molar-refractivity contribution in [3.63, 3.8) is 0 Å². The number of anilines is 1. The quantitative estimate of drug-likeness (QED) is 0.929. The third-order valence-corrected chi connectivity index (χ3v) is 4.39. The van der Waals surface area contributed by atoms with Crippen LogP contribution in [-0.4, -0.2) is 27.7 Å². The number of rotatable bonds is 4. The molecule has 0 aromatic heterocycles. The van der Waals surface area contributed by atoms with Crippen LogP contribution in [0.15, 0.2) is 47.4 Å². The van der Waals surface area contributed by atoms with Gasteiger partial charge in [-0.15, -0.1) is 0 Å². The number of carbonyl (C=O) groups is 1. The molecule has 0 spiro atoms. The minimum atomic E-state index is -3.50. The maximum atomic E-state index is 12.3. The van der Waals surface area contributed by atoms with Crippen molar-refractivity contribution >= 4 is 33.0 Å². The Kier molecular flexibility index (Phi) is 4.73. The van der Waals surface area contributed by atoms with Gasteiger partial charge in [0.15, 0.2) is 9.84 Å². The average molecular weight is 340 g/mol. The predicted octanol–water partition coefficient (Wildman–Crippen LogP) is 3.00. The number of sulfone groups is 1. The first-order valence-corrected chi connectivity index (χ1v) is 8.54. The Morgan fingerprint density at radius 2 is 1.86 bits per heavy atom. The fraction of sp³-hybridized carbons (Fsp3) is 0.133. The average Bonchev–Trinajstić information content (AvgIpc) is 2.46. The van der Waals surface area contributed by atoms with E-state index in [4.69, 9.17) is 16.3 Å². The van der Waals surface area contributed by atoms with Crippen LogP contribution in [0.5, 0.6) is 5.75 Å². The molecule has 0 fully saturated rings. The highest BCUT2D eigenvalue weighted by Gasteiger charge is 2.18. The number of hydrogen-bond acceptors (Lipinski definition) is 4. The van der Waals surface area contributed by atoms with Crippen molar-refractivity contribution in [3.05, 3.63) is 53.1 Å². The molecule has 116 valence electrons. The normalized spacial score (nSPS) is 11.0. The van der Waals surface area contributed by atoms with E-state index in [1.54, 1.807) is 24.3 Å². The van der Waals surface area contributed by atoms with Gasteiger partial charge in [0.1, 0.15) is 5.75 Å². The Bertz CT molecular complexity index is 818. The molecule has 0 radical (unpaired) electrons. The molecule has 0 unspecified atom stereocenters. The lowest BCUT2D eigenvalue weighted by molar-refractivity contribution is 0.102. The van der Waals surface area contributed by atoms with Gasteiger partial charge in [-0.25, -0.2) is 8.42 Å². The van der Waals surface area contributed by atoms with Crippen LogP contribution in [0.2, 0.25) is 5.02 Å². The minimum Gasteiger partial charge on any atom is -0.495 e. The summed E-state index contributed by atoms with van der Waals surface area (Å²) >= 11 is 5.99. The van der Waals surface area contributed by atoms with Crippen LogP contribution in [0, 0.1) is 0 Å². The van der Waals surface area contributed by atoms with Crippen molar-refractivity contribution in [3.8, 4) is 5.75 Å². The number of methoxy groups -OCH3 is 1. The van der Waals surface area contributed by atoms with Crippen molar-refractivity contribution < 1.29 is 17.9 Å². The van der Waals surface area contributed by atoms with Gasteiger partial charge >= 0.3 is 0 Å². The summed E-state index contributed by atoms with van der Waals surface area (Å²) in [5.41, 5.74) is 0.524. The number of amides is 1. The number of hydrogen-bond donors (Lipinski definition) is 1. The molecule has 5 nitrogen and oxygen atoms in total. The van der Waals surface area contributed by atoms with E-state index in [1.165, 1.54) is 25.3 Å². The standard InChI is InChI=1S/C15H14ClNO4S/c1-21-13-8-7-10(9-12(13)16)17-15(18)11-5-3-4-6-14(11)22(2,19)20/h3-9H,1-2H3,(H,17,18). The maximum absolute atomic E-state index is 12.3. The van der Waals surface area contributed by atoms with E-state index < -0.39 is 15.7 Å². The molecular formula is C15H14ClNO4S. The van der Waals surface area contributed by atoms with Crippen LogP contribution in [-0.2, 0) is 9.84 Å². The van der Waals surface area contributed by atoms with Crippen molar-refractivity contribution in [2.75, 3.05) is 18.7 Å². The Morgan fingerprint density at radius 1 is 1.18 bits per heavy atom. The van der Waals surface area contributed by atoms with E-state index in [9.17, 15) is 13.2 Å². The highest BCUT2D eigenvalue weighted by molar-refractivity contribution is 7.90. The smallest absolute Gasteiger partial charge is 0.256 e. The van der Waals surface area contributed by atoms with Crippen LogP contribution in [0.4, 0.5) is 5.69 Å². The molecule has 7 heteroatoms. The summed E-state index contributed by atoms with van der Waals surface area (Å²) in [7, 11) is -2.01. The fourth-order valence-electron chi connectivity index (χ4n) is 1.92. The zero-order valence-electron chi connectivity index (χ0n) is 12.0. The Labute approximate surface area is 133 Å². The summed E-state index contributed by atoms with van der Waals surface area (Å²) in [4.78, 5) is 12.3. The molecule has 0 bridgehead atoms. The largest absolute Gasteiger partial charge is 0.495 e. The van der Waals surface area contributed by atoms with Gasteiger partial charge in [0.25, 0.3) is 5.91 Å². The van der Waals surface area contributed by atoms with Gasteiger partial charge in [-0.1, -0.05) is 23.7 Å². The van der Waals surface area contributed by atoms with E-state index in [2.05, 4.69) is 5.32 Å². The first-order chi connectivity index (χ1) is 10.3. The lowest BCUT2D eigenvalue weighted by atomic mass is 10.2. The maximum Gasteiger partial charge on any atom is 0.256 e. The second-order valence-corrected chi connectivity index (χ2v) is 6.96. The Balaban J connectivity index is 2.33. The van der Waals surface area contributed by atoms with Gasteiger partial charge in [0.05, 0.1) is 22.6 Å². The van der Waals surface area contributed by atoms with Gasteiger partial charge in [-0.3, -0.25) is 4.79 Å². The van der Waals surface area contributed by atoms with Crippen molar-refractivity contribution in [1.82, 2.24) is 0 Å². The minimum absolute atomic E-state index is 0.0212. The van der Waals surface area contributed by atoms with Gasteiger partial charge in [-0.05, 0) is 30.3 Å². The number of carbonyl (C=O) groups excluding carboxylic acids is 1. The second kappa shape index (κ2) is 6.37. The molecule has 2 aromatic carbocycles. The molecule has 22 heavy (non-hydrogen) atoms. The summed E-state index contributed by atoms with van der Waals surface area (Å²) in [5.74, 6) is -0.0431. The highest BCUT2D eigenvalue weighted by Crippen LogP contribution is 2.27. The lowest BCUT2D eigenvalue weighted by Crippen LogP contribution is -2.16. The van der Waals surface area contributed by atoms with E-state index in [-0.39, 0.29) is 10.5 Å². The molecule has 2 aromatic rings. The second-order valence-electron chi connectivity index (χ2n) is 4.57. The van der Waals surface area contributed by atoms with Crippen molar-refractivity contribution in [1.29, 1.82) is 0 Å². The summed E-state index contributed by atoms with van der Waals surface area (Å²) in [6, 6.07) is 10.8. The molecule has 0 atom stereocenters. The molecule has 0 aliphatic heterocycles. The van der Waals surface area contributed by atoms with Crippen LogP contribution >= 0.6 is 11.6 Å². The molecular weight excluding hydrogens is 326 g/mol. The Hall–Kier alpha value is -2.05. The first kappa shape index (κ1) is 16.3. The molecule has 0 aliphatic carbocycles. The summed E-state index contributed by atoms with van der Waals surface area (Å²) in [6.07, 6.45) is 1.06. The van der Waals surface area contributed by atoms with Crippen LogP contribution in [0.25, 0.3) is 0 Å². The summed E-state index contributed by atoms with van der Waals surface area (Å²) < 4.78 is 28.5. The SMILES string of the molecule is COc1ccc(NC(=O)c2ccccc2S(C)(=O)=O)cc1Cl. The summed E-state index contributed by atoms with van der Waals surface area (Å²) in [6.45, 7) is 0. The van der Waals surface area contributed by atoms with Crippen LogP contribution < -0.4 is 10.1 Å². The van der Waals surface area contributed by atoms with Crippen LogP contribution in [0.1, 0.15) is 10.4 Å². The van der Waals surface area contributed by atoms with Gasteiger partial charge in [-0.2, -0.15) is 0 Å². The zero-order valence-corrected chi connectivity index (χ0v) is 13.5. The molecule has 1 N–H and O–H groups in total. The Morgan fingerprint density at radius 3 is 2.45 bits per heavy atom. The van der Waals surface area contributed by atoms with Gasteiger partial charge in [0.2, 0.25) is 0 Å². The van der Waals surface area contributed by atoms with E-state index >= 15 is 0 Å². The van der Waals surface area contributed by atoms with Crippen molar-refractivity contribution in [2.45, 2.75) is 4.90 Å².